The van der Waals surface area contributed by atoms with E-state index in [0.717, 1.165) is 65.0 Å². The number of anilines is 2. The molecule has 0 bridgehead atoms. The maximum absolute atomic E-state index is 13.0. The van der Waals surface area contributed by atoms with Gasteiger partial charge < -0.3 is 21.7 Å². The Morgan fingerprint density at radius 2 is 1.82 bits per heavy atom. The Balaban J connectivity index is 0.000000499. The molecule has 206 valence electrons. The number of unbranched alkanes of at least 4 members (excludes halogenated alkanes) is 1. The molecule has 1 aliphatic rings. The third-order valence-electron chi connectivity index (χ3n) is 5.96. The first-order valence-electron chi connectivity index (χ1n) is 13.3. The van der Waals surface area contributed by atoms with Crippen molar-refractivity contribution in [1.82, 2.24) is 10.6 Å². The van der Waals surface area contributed by atoms with Crippen molar-refractivity contribution in [3.8, 4) is 0 Å². The van der Waals surface area contributed by atoms with Gasteiger partial charge in [0.25, 0.3) is 0 Å². The van der Waals surface area contributed by atoms with E-state index < -0.39 is 6.04 Å². The summed E-state index contributed by atoms with van der Waals surface area (Å²) in [7, 11) is 3.63. The number of nitrogen functional groups attached to an aromatic ring is 1. The number of nitrogens with zero attached hydrogens (tertiary/aromatic N) is 1. The summed E-state index contributed by atoms with van der Waals surface area (Å²) in [6, 6.07) is 14.8. The third-order valence-corrected chi connectivity index (χ3v) is 5.96. The SMILES string of the molecule is CC/C=C1/C=C(NC(C(=O)NCCCC)c2ccc(/C=C/C=O)cc2)C=CC1=NC.CNc1ccccc1N. The van der Waals surface area contributed by atoms with Gasteiger partial charge in [-0.2, -0.15) is 0 Å². The number of allylic oxidation sites excluding steroid dienone is 6. The molecule has 5 N–H and O–H groups in total. The van der Waals surface area contributed by atoms with Crippen molar-refractivity contribution in [2.24, 2.45) is 4.99 Å². The van der Waals surface area contributed by atoms with Crippen LogP contribution >= 0.6 is 0 Å². The first-order valence-corrected chi connectivity index (χ1v) is 13.3. The van der Waals surface area contributed by atoms with E-state index in [0.29, 0.717) is 6.54 Å². The van der Waals surface area contributed by atoms with E-state index in [4.69, 9.17) is 5.73 Å². The fraction of sp³-hybridized carbons (Fsp3) is 0.281. The fourth-order valence-corrected chi connectivity index (χ4v) is 3.86. The molecule has 0 aliphatic heterocycles. The Labute approximate surface area is 232 Å². The maximum Gasteiger partial charge on any atom is 0.247 e. The van der Waals surface area contributed by atoms with E-state index >= 15 is 0 Å². The van der Waals surface area contributed by atoms with Crippen molar-refractivity contribution in [2.45, 2.75) is 39.2 Å². The summed E-state index contributed by atoms with van der Waals surface area (Å²) in [5.74, 6) is -0.0649. The van der Waals surface area contributed by atoms with Gasteiger partial charge in [-0.25, -0.2) is 0 Å². The van der Waals surface area contributed by atoms with Gasteiger partial charge in [-0.1, -0.05) is 68.8 Å². The lowest BCUT2D eigenvalue weighted by Crippen LogP contribution is -2.37. The van der Waals surface area contributed by atoms with E-state index in [-0.39, 0.29) is 5.91 Å². The Morgan fingerprint density at radius 3 is 2.41 bits per heavy atom. The minimum atomic E-state index is -0.523. The van der Waals surface area contributed by atoms with Gasteiger partial charge in [0, 0.05) is 26.3 Å². The van der Waals surface area contributed by atoms with E-state index in [2.05, 4.69) is 40.9 Å². The van der Waals surface area contributed by atoms with Gasteiger partial charge in [0.15, 0.2) is 0 Å². The molecule has 1 atom stereocenters. The second-order valence-electron chi connectivity index (χ2n) is 8.83. The number of hydrogen-bond donors (Lipinski definition) is 4. The van der Waals surface area contributed by atoms with E-state index in [1.807, 2.05) is 73.8 Å². The topological polar surface area (TPSA) is 109 Å². The second kappa shape index (κ2) is 17.2. The van der Waals surface area contributed by atoms with Gasteiger partial charge in [-0.05, 0) is 66.0 Å². The number of nitrogens with two attached hydrogens (primary N) is 1. The standard InChI is InChI=1S/C25H31N3O2.C7H10N2/c1-4-6-16-27-25(30)24(20-12-10-19(11-13-20)9-7-17-29)28-22-14-15-23(26-3)21(18-22)8-5-2;1-9-7-5-3-2-4-6(7)8/h7-15,17-18,24,28H,4-6,16H2,1-3H3,(H,27,30);2-5,9H,8H2,1H3/b9-7+,21-8-,26-23?;. The summed E-state index contributed by atoms with van der Waals surface area (Å²) < 4.78 is 0. The summed E-state index contributed by atoms with van der Waals surface area (Å²) in [6.07, 6.45) is 14.9. The van der Waals surface area contributed by atoms with Gasteiger partial charge in [-0.15, -0.1) is 0 Å². The first kappa shape index (κ1) is 30.8. The van der Waals surface area contributed by atoms with Crippen LogP contribution < -0.4 is 21.7 Å². The van der Waals surface area contributed by atoms with Gasteiger partial charge in [-0.3, -0.25) is 14.6 Å². The number of aldehydes is 1. The molecule has 0 radical (unpaired) electrons. The molecule has 39 heavy (non-hydrogen) atoms. The minimum absolute atomic E-state index is 0.0649. The third kappa shape index (κ3) is 10.1. The van der Waals surface area contributed by atoms with Crippen LogP contribution in [-0.4, -0.2) is 38.5 Å². The highest BCUT2D eigenvalue weighted by atomic mass is 16.2. The van der Waals surface area contributed by atoms with Crippen LogP contribution in [0.3, 0.4) is 0 Å². The summed E-state index contributed by atoms with van der Waals surface area (Å²) in [4.78, 5) is 27.8. The molecule has 0 saturated carbocycles. The van der Waals surface area contributed by atoms with E-state index in [1.54, 1.807) is 13.1 Å². The van der Waals surface area contributed by atoms with Crippen molar-refractivity contribution >= 4 is 35.4 Å². The molecule has 3 rings (SSSR count). The van der Waals surface area contributed by atoms with Crippen LogP contribution in [0.1, 0.15) is 50.3 Å². The molecule has 2 aromatic rings. The largest absolute Gasteiger partial charge is 0.397 e. The molecule has 0 aromatic heterocycles. The monoisotopic (exact) mass is 527 g/mol. The highest BCUT2D eigenvalue weighted by molar-refractivity contribution is 6.11. The zero-order valence-corrected chi connectivity index (χ0v) is 23.4. The lowest BCUT2D eigenvalue weighted by molar-refractivity contribution is -0.123. The predicted octanol–water partition coefficient (Wildman–Crippen LogP) is 5.62. The summed E-state index contributed by atoms with van der Waals surface area (Å²) >= 11 is 0. The predicted molar refractivity (Wildman–Crippen MR) is 165 cm³/mol. The normalized spacial score (nSPS) is 15.3. The molecule has 1 aliphatic carbocycles. The molecule has 0 fully saturated rings. The van der Waals surface area contributed by atoms with Gasteiger partial charge in [0.05, 0.1) is 17.1 Å². The highest BCUT2D eigenvalue weighted by Crippen LogP contribution is 2.20. The Kier molecular flexibility index (Phi) is 13.6. The van der Waals surface area contributed by atoms with Gasteiger partial charge in [0.1, 0.15) is 12.3 Å². The number of rotatable bonds is 11. The lowest BCUT2D eigenvalue weighted by atomic mass is 9.99. The highest BCUT2D eigenvalue weighted by Gasteiger charge is 2.21. The Bertz CT molecular complexity index is 1220. The molecule has 1 unspecified atom stereocenters. The van der Waals surface area contributed by atoms with E-state index in [9.17, 15) is 9.59 Å². The average Bonchev–Trinajstić information content (AvgIpc) is 2.96. The van der Waals surface area contributed by atoms with Gasteiger partial charge in [0.2, 0.25) is 5.91 Å². The van der Waals surface area contributed by atoms with Gasteiger partial charge >= 0.3 is 0 Å². The number of benzene rings is 2. The summed E-state index contributed by atoms with van der Waals surface area (Å²) in [5, 5.41) is 9.38. The van der Waals surface area contributed by atoms with Crippen molar-refractivity contribution in [1.29, 1.82) is 0 Å². The molecule has 7 heteroatoms. The number of aliphatic imine (C=N–C) groups is 1. The molecule has 0 heterocycles. The molecular weight excluding hydrogens is 486 g/mol. The van der Waals surface area contributed by atoms with Crippen LogP contribution in [0.5, 0.6) is 0 Å². The number of hydrogen-bond acceptors (Lipinski definition) is 6. The molecule has 0 spiro atoms. The van der Waals surface area contributed by atoms with Crippen molar-refractivity contribution < 1.29 is 9.59 Å². The quantitative estimate of drug-likeness (QED) is 0.131. The molecule has 7 nitrogen and oxygen atoms in total. The molecule has 1 amide bonds. The van der Waals surface area contributed by atoms with Crippen LogP contribution in [0.15, 0.2) is 95.2 Å². The maximum atomic E-state index is 13.0. The summed E-state index contributed by atoms with van der Waals surface area (Å²) in [5.41, 5.74) is 11.9. The van der Waals surface area contributed by atoms with Crippen LogP contribution in [0, 0.1) is 0 Å². The van der Waals surface area contributed by atoms with Crippen LogP contribution in [0.2, 0.25) is 0 Å². The second-order valence-corrected chi connectivity index (χ2v) is 8.83. The first-order chi connectivity index (χ1) is 19.0. The average molecular weight is 528 g/mol. The number of para-hydroxylation sites is 2. The Morgan fingerprint density at radius 1 is 1.08 bits per heavy atom. The van der Waals surface area contributed by atoms with Crippen LogP contribution in [0.25, 0.3) is 6.08 Å². The molecule has 0 saturated heterocycles. The Hall–Kier alpha value is -4.39. The number of carbonyl (C=O) groups excluding carboxylic acids is 2. The number of carbonyl (C=O) groups is 2. The van der Waals surface area contributed by atoms with Crippen LogP contribution in [-0.2, 0) is 9.59 Å². The van der Waals surface area contributed by atoms with E-state index in [1.165, 1.54) is 6.08 Å². The number of amides is 1. The van der Waals surface area contributed by atoms with Crippen molar-refractivity contribution in [2.75, 3.05) is 31.7 Å². The van der Waals surface area contributed by atoms with Crippen molar-refractivity contribution in [3.05, 3.63) is 101 Å². The van der Waals surface area contributed by atoms with Crippen molar-refractivity contribution in [3.63, 3.8) is 0 Å². The zero-order chi connectivity index (χ0) is 28.5. The molecular formula is C32H41N5O2. The smallest absolute Gasteiger partial charge is 0.247 e. The lowest BCUT2D eigenvalue weighted by Gasteiger charge is -2.22. The zero-order valence-electron chi connectivity index (χ0n) is 23.4. The summed E-state index contributed by atoms with van der Waals surface area (Å²) in [6.45, 7) is 4.83. The van der Waals surface area contributed by atoms with Crippen LogP contribution in [0.4, 0.5) is 11.4 Å². The fourth-order valence-electron chi connectivity index (χ4n) is 3.86. The molecule has 2 aromatic carbocycles. The number of nitrogens with one attached hydrogen (secondary N) is 3. The minimum Gasteiger partial charge on any atom is -0.397 e.